The minimum absolute atomic E-state index is 0.0212. The lowest BCUT2D eigenvalue weighted by Crippen LogP contribution is -2.35. The lowest BCUT2D eigenvalue weighted by Gasteiger charge is -2.33. The molecule has 2 fully saturated rings. The maximum atomic E-state index is 13.3. The van der Waals surface area contributed by atoms with Gasteiger partial charge in [-0.3, -0.25) is 9.59 Å². The van der Waals surface area contributed by atoms with Crippen LogP contribution in [0.3, 0.4) is 0 Å². The van der Waals surface area contributed by atoms with Crippen molar-refractivity contribution in [3.63, 3.8) is 0 Å². The van der Waals surface area contributed by atoms with Gasteiger partial charge in [-0.1, -0.05) is 0 Å². The van der Waals surface area contributed by atoms with Gasteiger partial charge in [0.1, 0.15) is 6.67 Å². The van der Waals surface area contributed by atoms with Crippen molar-refractivity contribution in [3.8, 4) is 0 Å². The van der Waals surface area contributed by atoms with E-state index in [4.69, 9.17) is 4.74 Å². The molecule has 2 amide bonds. The summed E-state index contributed by atoms with van der Waals surface area (Å²) in [5.41, 5.74) is 4.70. The molecule has 2 atom stereocenters. The number of halogens is 1. The number of hydrogen-bond donors (Lipinski definition) is 1. The average Bonchev–Trinajstić information content (AvgIpc) is 3.46. The zero-order chi connectivity index (χ0) is 22.9. The monoisotopic (exact) mass is 455 g/mol. The molecule has 0 spiro atoms. The van der Waals surface area contributed by atoms with Crippen LogP contribution in [0, 0.1) is 17.8 Å². The van der Waals surface area contributed by atoms with Crippen LogP contribution in [0.1, 0.15) is 47.3 Å². The van der Waals surface area contributed by atoms with Crippen molar-refractivity contribution >= 4 is 22.7 Å². The Bertz CT molecular complexity index is 1040. The SMILES string of the molecule is Cn1c2c(c3cc(C(=O)N4CCC(C(=O)NCCF)C4)ccc31)CC(C1CCOCC1)CC2. The van der Waals surface area contributed by atoms with Crippen molar-refractivity contribution in [3.05, 3.63) is 35.0 Å². The fourth-order valence-electron chi connectivity index (χ4n) is 6.18. The molecule has 1 aromatic carbocycles. The number of amides is 2. The number of aromatic nitrogens is 1. The molecule has 2 unspecified atom stereocenters. The summed E-state index contributed by atoms with van der Waals surface area (Å²) in [5, 5.41) is 3.80. The van der Waals surface area contributed by atoms with E-state index >= 15 is 0 Å². The fraction of sp³-hybridized carbons (Fsp3) is 0.615. The predicted octanol–water partition coefficient (Wildman–Crippen LogP) is 3.26. The summed E-state index contributed by atoms with van der Waals surface area (Å²) in [6.07, 6.45) is 6.34. The van der Waals surface area contributed by atoms with Crippen molar-refractivity contribution in [1.29, 1.82) is 0 Å². The molecule has 0 radical (unpaired) electrons. The third-order valence-electron chi connectivity index (χ3n) is 8.07. The minimum Gasteiger partial charge on any atom is -0.381 e. The lowest BCUT2D eigenvalue weighted by atomic mass is 9.75. The Hall–Kier alpha value is -2.41. The molecule has 6 nitrogen and oxygen atoms in total. The molecule has 0 saturated carbocycles. The highest BCUT2D eigenvalue weighted by molar-refractivity contribution is 5.99. The van der Waals surface area contributed by atoms with E-state index in [-0.39, 0.29) is 24.3 Å². The predicted molar refractivity (Wildman–Crippen MR) is 125 cm³/mol. The smallest absolute Gasteiger partial charge is 0.253 e. The van der Waals surface area contributed by atoms with E-state index in [0.29, 0.717) is 31.0 Å². The molecule has 178 valence electrons. The lowest BCUT2D eigenvalue weighted by molar-refractivity contribution is -0.124. The molecular formula is C26H34FN3O3. The van der Waals surface area contributed by atoms with Gasteiger partial charge in [-0.05, 0) is 74.1 Å². The summed E-state index contributed by atoms with van der Waals surface area (Å²) in [5.74, 6) is 0.987. The molecule has 0 bridgehead atoms. The van der Waals surface area contributed by atoms with Crippen LogP contribution in [0.25, 0.3) is 10.9 Å². The van der Waals surface area contributed by atoms with Crippen LogP contribution >= 0.6 is 0 Å². The summed E-state index contributed by atoms with van der Waals surface area (Å²) in [6, 6.07) is 6.06. The summed E-state index contributed by atoms with van der Waals surface area (Å²) >= 11 is 0. The second kappa shape index (κ2) is 9.45. The van der Waals surface area contributed by atoms with Crippen LogP contribution in [-0.4, -0.2) is 60.8 Å². The third kappa shape index (κ3) is 4.27. The fourth-order valence-corrected chi connectivity index (χ4v) is 6.18. The van der Waals surface area contributed by atoms with Gasteiger partial charge >= 0.3 is 0 Å². The van der Waals surface area contributed by atoms with Crippen LogP contribution in [0.4, 0.5) is 4.39 Å². The van der Waals surface area contributed by atoms with E-state index < -0.39 is 6.67 Å². The number of rotatable bonds is 5. The first kappa shape index (κ1) is 22.4. The van der Waals surface area contributed by atoms with Gasteiger partial charge < -0.3 is 19.5 Å². The zero-order valence-electron chi connectivity index (χ0n) is 19.4. The standard InChI is InChI=1S/C26H34FN3O3/c1-29-23-4-2-18(17-7-12-33-13-8-17)14-21(23)22-15-19(3-5-24(22)29)26(32)30-11-6-20(16-30)25(31)28-10-9-27/h3,5,15,17-18,20H,2,4,6-14,16H2,1H3,(H,28,31). The number of aryl methyl sites for hydroxylation is 1. The van der Waals surface area contributed by atoms with Gasteiger partial charge in [-0.2, -0.15) is 0 Å². The number of nitrogens with zero attached hydrogens (tertiary/aromatic N) is 2. The van der Waals surface area contributed by atoms with Crippen molar-refractivity contribution in [2.24, 2.45) is 24.8 Å². The molecule has 5 rings (SSSR count). The number of likely N-dealkylation sites (tertiary alicyclic amines) is 1. The molecular weight excluding hydrogens is 421 g/mol. The number of carbonyl (C=O) groups excluding carboxylic acids is 2. The second-order valence-electron chi connectivity index (χ2n) is 9.89. The number of benzene rings is 1. The van der Waals surface area contributed by atoms with Crippen LogP contribution in [0.5, 0.6) is 0 Å². The topological polar surface area (TPSA) is 63.6 Å². The van der Waals surface area contributed by atoms with Gasteiger partial charge in [0, 0.05) is 62.1 Å². The summed E-state index contributed by atoms with van der Waals surface area (Å²) in [4.78, 5) is 27.2. The van der Waals surface area contributed by atoms with E-state index in [2.05, 4.69) is 29.1 Å². The van der Waals surface area contributed by atoms with Crippen LogP contribution in [-0.2, 0) is 29.4 Å². The molecule has 2 aliphatic heterocycles. The molecule has 33 heavy (non-hydrogen) atoms. The minimum atomic E-state index is -0.572. The number of ether oxygens (including phenoxy) is 1. The Morgan fingerprint density at radius 2 is 1.97 bits per heavy atom. The van der Waals surface area contributed by atoms with Gasteiger partial charge in [0.25, 0.3) is 5.91 Å². The normalized spacial score (nSPS) is 23.6. The maximum Gasteiger partial charge on any atom is 0.253 e. The Kier molecular flexibility index (Phi) is 6.41. The van der Waals surface area contributed by atoms with E-state index in [9.17, 15) is 14.0 Å². The molecule has 1 aliphatic carbocycles. The van der Waals surface area contributed by atoms with Gasteiger partial charge in [-0.15, -0.1) is 0 Å². The average molecular weight is 456 g/mol. The van der Waals surface area contributed by atoms with E-state index in [1.165, 1.54) is 28.6 Å². The molecule has 1 aromatic heterocycles. The summed E-state index contributed by atoms with van der Waals surface area (Å²) < 4.78 is 20.2. The number of nitrogens with one attached hydrogen (secondary N) is 1. The molecule has 3 aliphatic rings. The van der Waals surface area contributed by atoms with E-state index in [1.54, 1.807) is 4.90 Å². The summed E-state index contributed by atoms with van der Waals surface area (Å²) in [6.45, 7) is 2.18. The number of fused-ring (bicyclic) bond motifs is 3. The van der Waals surface area contributed by atoms with Gasteiger partial charge in [0.2, 0.25) is 5.91 Å². The van der Waals surface area contributed by atoms with Crippen molar-refractivity contribution < 1.29 is 18.7 Å². The van der Waals surface area contributed by atoms with Gasteiger partial charge in [-0.25, -0.2) is 4.39 Å². The molecule has 1 N–H and O–H groups in total. The zero-order valence-corrected chi connectivity index (χ0v) is 19.4. The van der Waals surface area contributed by atoms with Crippen molar-refractivity contribution in [2.75, 3.05) is 39.5 Å². The molecule has 3 heterocycles. The first-order valence-electron chi connectivity index (χ1n) is 12.4. The van der Waals surface area contributed by atoms with Crippen molar-refractivity contribution in [1.82, 2.24) is 14.8 Å². The largest absolute Gasteiger partial charge is 0.381 e. The van der Waals surface area contributed by atoms with E-state index in [1.807, 2.05) is 6.07 Å². The Morgan fingerprint density at radius 3 is 2.76 bits per heavy atom. The number of carbonyl (C=O) groups is 2. The van der Waals surface area contributed by atoms with Crippen LogP contribution < -0.4 is 5.32 Å². The highest BCUT2D eigenvalue weighted by atomic mass is 19.1. The van der Waals surface area contributed by atoms with E-state index in [0.717, 1.165) is 44.8 Å². The highest BCUT2D eigenvalue weighted by Gasteiger charge is 2.33. The van der Waals surface area contributed by atoms with Crippen LogP contribution in [0.15, 0.2) is 18.2 Å². The first-order chi connectivity index (χ1) is 16.1. The molecule has 2 aromatic rings. The third-order valence-corrected chi connectivity index (χ3v) is 8.07. The number of hydrogen-bond acceptors (Lipinski definition) is 3. The quantitative estimate of drug-likeness (QED) is 0.753. The van der Waals surface area contributed by atoms with Gasteiger partial charge in [0.05, 0.1) is 5.92 Å². The maximum absolute atomic E-state index is 13.3. The Balaban J connectivity index is 1.35. The highest BCUT2D eigenvalue weighted by Crippen LogP contribution is 2.39. The first-order valence-corrected chi connectivity index (χ1v) is 12.4. The Labute approximate surface area is 194 Å². The molecule has 7 heteroatoms. The summed E-state index contributed by atoms with van der Waals surface area (Å²) in [7, 11) is 2.14. The van der Waals surface area contributed by atoms with Gasteiger partial charge in [0.15, 0.2) is 0 Å². The number of alkyl halides is 1. The van der Waals surface area contributed by atoms with Crippen molar-refractivity contribution in [2.45, 2.75) is 38.5 Å². The molecule has 2 saturated heterocycles. The Morgan fingerprint density at radius 1 is 1.15 bits per heavy atom. The van der Waals surface area contributed by atoms with Crippen LogP contribution in [0.2, 0.25) is 0 Å². The second-order valence-corrected chi connectivity index (χ2v) is 9.89.